The lowest BCUT2D eigenvalue weighted by Gasteiger charge is -2.28. The van der Waals surface area contributed by atoms with Crippen LogP contribution in [0, 0.1) is 0 Å². The summed E-state index contributed by atoms with van der Waals surface area (Å²) in [6.45, 7) is 2.12. The quantitative estimate of drug-likeness (QED) is 0.799. The molecular weight excluding hydrogens is 314 g/mol. The molecule has 25 heavy (non-hydrogen) atoms. The zero-order valence-corrected chi connectivity index (χ0v) is 14.0. The standard InChI is InChI=1S/C19H19N5O/c1-13-15(16-9-5-6-12-20-16)10-11-17-21-19(23-24(13)17)22-18(25)14-7-3-2-4-8-14/h2-9,12-13,15H,10-11H2,1H3,(H,22,23,25). The Morgan fingerprint density at radius 3 is 2.72 bits per heavy atom. The van der Waals surface area contributed by atoms with Crippen LogP contribution >= 0.6 is 0 Å². The molecule has 0 fully saturated rings. The number of aryl methyl sites for hydroxylation is 1. The van der Waals surface area contributed by atoms with E-state index in [9.17, 15) is 4.79 Å². The van der Waals surface area contributed by atoms with E-state index in [1.807, 2.05) is 41.2 Å². The molecule has 0 spiro atoms. The van der Waals surface area contributed by atoms with Crippen molar-refractivity contribution in [2.45, 2.75) is 31.7 Å². The lowest BCUT2D eigenvalue weighted by molar-refractivity contribution is 0.102. The molecule has 0 aliphatic carbocycles. The number of aromatic nitrogens is 4. The van der Waals surface area contributed by atoms with Gasteiger partial charge in [0.1, 0.15) is 5.82 Å². The van der Waals surface area contributed by atoms with E-state index >= 15 is 0 Å². The molecule has 2 unspecified atom stereocenters. The summed E-state index contributed by atoms with van der Waals surface area (Å²) in [4.78, 5) is 21.3. The molecule has 0 saturated heterocycles. The predicted octanol–water partition coefficient (Wildman–Crippen LogP) is 3.22. The second kappa shape index (κ2) is 6.47. The van der Waals surface area contributed by atoms with Gasteiger partial charge in [-0.1, -0.05) is 24.3 Å². The lowest BCUT2D eigenvalue weighted by Crippen LogP contribution is -2.25. The van der Waals surface area contributed by atoms with Gasteiger partial charge in [0, 0.05) is 29.8 Å². The summed E-state index contributed by atoms with van der Waals surface area (Å²) in [6, 6.07) is 15.2. The van der Waals surface area contributed by atoms with Crippen LogP contribution in [0.4, 0.5) is 5.95 Å². The lowest BCUT2D eigenvalue weighted by atomic mass is 9.89. The highest BCUT2D eigenvalue weighted by molar-refractivity contribution is 6.03. The number of nitrogens with zero attached hydrogens (tertiary/aromatic N) is 4. The van der Waals surface area contributed by atoms with Crippen molar-refractivity contribution in [3.05, 3.63) is 71.8 Å². The number of amides is 1. The van der Waals surface area contributed by atoms with Gasteiger partial charge >= 0.3 is 0 Å². The van der Waals surface area contributed by atoms with E-state index in [1.165, 1.54) is 0 Å². The second-order valence-electron chi connectivity index (χ2n) is 6.26. The van der Waals surface area contributed by atoms with Gasteiger partial charge in [-0.2, -0.15) is 4.98 Å². The molecule has 0 saturated carbocycles. The van der Waals surface area contributed by atoms with E-state index in [0.29, 0.717) is 17.4 Å². The van der Waals surface area contributed by atoms with Gasteiger partial charge in [0.2, 0.25) is 5.95 Å². The van der Waals surface area contributed by atoms with Crippen molar-refractivity contribution in [1.82, 2.24) is 19.7 Å². The summed E-state index contributed by atoms with van der Waals surface area (Å²) in [5, 5.41) is 7.31. The van der Waals surface area contributed by atoms with E-state index in [1.54, 1.807) is 12.1 Å². The Labute approximate surface area is 145 Å². The fourth-order valence-corrected chi connectivity index (χ4v) is 3.35. The fourth-order valence-electron chi connectivity index (χ4n) is 3.35. The van der Waals surface area contributed by atoms with E-state index in [4.69, 9.17) is 0 Å². The summed E-state index contributed by atoms with van der Waals surface area (Å²) < 4.78 is 1.92. The van der Waals surface area contributed by atoms with Crippen molar-refractivity contribution >= 4 is 11.9 Å². The molecule has 3 aromatic rings. The Kier molecular flexibility index (Phi) is 4.01. The number of carbonyl (C=O) groups excluding carboxylic acids is 1. The summed E-state index contributed by atoms with van der Waals surface area (Å²) >= 11 is 0. The first kappa shape index (κ1) is 15.5. The van der Waals surface area contributed by atoms with Crippen molar-refractivity contribution in [2.75, 3.05) is 5.32 Å². The minimum atomic E-state index is -0.197. The molecule has 6 nitrogen and oxygen atoms in total. The first-order valence-electron chi connectivity index (χ1n) is 8.45. The van der Waals surface area contributed by atoms with Crippen molar-refractivity contribution in [2.24, 2.45) is 0 Å². The van der Waals surface area contributed by atoms with Crippen LogP contribution in [0.15, 0.2) is 54.7 Å². The molecule has 1 aliphatic heterocycles. The fraction of sp³-hybridized carbons (Fsp3) is 0.263. The van der Waals surface area contributed by atoms with E-state index in [2.05, 4.69) is 33.4 Å². The van der Waals surface area contributed by atoms with E-state index in [-0.39, 0.29) is 11.9 Å². The molecule has 6 heteroatoms. The van der Waals surface area contributed by atoms with Crippen molar-refractivity contribution in [3.63, 3.8) is 0 Å². The summed E-state index contributed by atoms with van der Waals surface area (Å²) in [5.74, 6) is 1.37. The van der Waals surface area contributed by atoms with Gasteiger partial charge < -0.3 is 0 Å². The predicted molar refractivity (Wildman–Crippen MR) is 94.4 cm³/mol. The van der Waals surface area contributed by atoms with Gasteiger partial charge in [0.25, 0.3) is 5.91 Å². The van der Waals surface area contributed by atoms with Crippen LogP contribution in [0.5, 0.6) is 0 Å². The van der Waals surface area contributed by atoms with Crippen molar-refractivity contribution in [1.29, 1.82) is 0 Å². The van der Waals surface area contributed by atoms with Crippen LogP contribution in [-0.4, -0.2) is 25.7 Å². The topological polar surface area (TPSA) is 72.7 Å². The third-order valence-corrected chi connectivity index (χ3v) is 4.68. The van der Waals surface area contributed by atoms with Gasteiger partial charge in [0.05, 0.1) is 6.04 Å². The maximum Gasteiger partial charge on any atom is 0.258 e. The highest BCUT2D eigenvalue weighted by Gasteiger charge is 2.30. The highest BCUT2D eigenvalue weighted by Crippen LogP contribution is 2.36. The van der Waals surface area contributed by atoms with Gasteiger partial charge in [-0.05, 0) is 37.6 Å². The Morgan fingerprint density at radius 2 is 1.96 bits per heavy atom. The molecule has 4 rings (SSSR count). The third-order valence-electron chi connectivity index (χ3n) is 4.68. The number of hydrogen-bond donors (Lipinski definition) is 1. The van der Waals surface area contributed by atoms with Crippen molar-refractivity contribution in [3.8, 4) is 0 Å². The molecule has 3 heterocycles. The van der Waals surface area contributed by atoms with Crippen LogP contribution in [-0.2, 0) is 6.42 Å². The Hall–Kier alpha value is -3.02. The van der Waals surface area contributed by atoms with Crippen LogP contribution in [0.1, 0.15) is 47.2 Å². The zero-order valence-electron chi connectivity index (χ0n) is 14.0. The summed E-state index contributed by atoms with van der Waals surface area (Å²) in [5.41, 5.74) is 1.67. The number of benzene rings is 1. The van der Waals surface area contributed by atoms with Gasteiger partial charge in [-0.25, -0.2) is 4.68 Å². The molecule has 1 aliphatic rings. The summed E-state index contributed by atoms with van der Waals surface area (Å²) in [7, 11) is 0. The maximum atomic E-state index is 12.3. The zero-order chi connectivity index (χ0) is 17.2. The number of hydrogen-bond acceptors (Lipinski definition) is 4. The van der Waals surface area contributed by atoms with Crippen molar-refractivity contribution < 1.29 is 4.79 Å². The maximum absolute atomic E-state index is 12.3. The second-order valence-corrected chi connectivity index (χ2v) is 6.26. The highest BCUT2D eigenvalue weighted by atomic mass is 16.1. The van der Waals surface area contributed by atoms with Gasteiger partial charge in [-0.3, -0.25) is 15.1 Å². The normalized spacial score (nSPS) is 19.2. The minimum absolute atomic E-state index is 0.147. The third kappa shape index (κ3) is 3.03. The molecule has 0 radical (unpaired) electrons. The molecule has 126 valence electrons. The largest absolute Gasteiger partial charge is 0.289 e. The van der Waals surface area contributed by atoms with Crippen LogP contribution < -0.4 is 5.32 Å². The molecule has 2 atom stereocenters. The summed E-state index contributed by atoms with van der Waals surface area (Å²) in [6.07, 6.45) is 3.62. The Balaban J connectivity index is 1.55. The minimum Gasteiger partial charge on any atom is -0.289 e. The van der Waals surface area contributed by atoms with Gasteiger partial charge in [0.15, 0.2) is 0 Å². The average Bonchev–Trinajstić information content (AvgIpc) is 3.07. The van der Waals surface area contributed by atoms with Gasteiger partial charge in [-0.15, -0.1) is 5.10 Å². The van der Waals surface area contributed by atoms with Crippen LogP contribution in [0.2, 0.25) is 0 Å². The first-order chi connectivity index (χ1) is 12.2. The van der Waals surface area contributed by atoms with E-state index in [0.717, 1.165) is 24.4 Å². The molecule has 2 aromatic heterocycles. The van der Waals surface area contributed by atoms with E-state index < -0.39 is 0 Å². The first-order valence-corrected chi connectivity index (χ1v) is 8.45. The number of anilines is 1. The number of pyridine rings is 1. The Bertz CT molecular complexity index is 875. The molecule has 1 N–H and O–H groups in total. The number of nitrogens with one attached hydrogen (secondary N) is 1. The number of carbonyl (C=O) groups is 1. The number of fused-ring (bicyclic) bond motifs is 1. The SMILES string of the molecule is CC1C(c2ccccn2)CCc2nc(NC(=O)c3ccccc3)nn21. The number of rotatable bonds is 3. The molecule has 0 bridgehead atoms. The van der Waals surface area contributed by atoms with Crippen LogP contribution in [0.3, 0.4) is 0 Å². The average molecular weight is 333 g/mol. The smallest absolute Gasteiger partial charge is 0.258 e. The molecule has 1 aromatic carbocycles. The Morgan fingerprint density at radius 1 is 1.16 bits per heavy atom. The van der Waals surface area contributed by atoms with Crippen LogP contribution in [0.25, 0.3) is 0 Å². The monoisotopic (exact) mass is 333 g/mol. The molecular formula is C19H19N5O. The molecule has 1 amide bonds.